The minimum Gasteiger partial charge on any atom is -0.381 e. The molecule has 3 N–H and O–H groups in total. The molecule has 0 radical (unpaired) electrons. The number of hydrogen-bond acceptors (Lipinski definition) is 5. The summed E-state index contributed by atoms with van der Waals surface area (Å²) in [5, 5.41) is 0. The number of nitrogens with one attached hydrogen (secondary N) is 1. The molecule has 1 rings (SSSR count). The van der Waals surface area contributed by atoms with E-state index in [9.17, 15) is 0 Å². The van der Waals surface area contributed by atoms with Crippen LogP contribution in [-0.4, -0.2) is 23.2 Å². The smallest absolute Gasteiger partial charge is 0.143 e. The van der Waals surface area contributed by atoms with Gasteiger partial charge in [0.2, 0.25) is 0 Å². The van der Waals surface area contributed by atoms with Gasteiger partial charge in [0.1, 0.15) is 11.6 Å². The normalized spacial score (nSPS) is 13.5. The van der Waals surface area contributed by atoms with Gasteiger partial charge < -0.3 is 10.2 Å². The van der Waals surface area contributed by atoms with Crippen LogP contribution < -0.4 is 11.3 Å². The van der Waals surface area contributed by atoms with Crippen LogP contribution in [0.4, 0.5) is 5.82 Å². The summed E-state index contributed by atoms with van der Waals surface area (Å²) in [6, 6.07) is 1.88. The fraction of sp³-hybridized carbons (Fsp3) is 0.667. The molecule has 1 aromatic rings. The molecule has 0 spiro atoms. The molecule has 0 aliphatic heterocycles. The lowest BCUT2D eigenvalue weighted by Crippen LogP contribution is -2.20. The number of nitrogen functional groups attached to an aromatic ring is 1. The van der Waals surface area contributed by atoms with Gasteiger partial charge in [-0.2, -0.15) is 0 Å². The van der Waals surface area contributed by atoms with Crippen molar-refractivity contribution in [3.8, 4) is 0 Å². The van der Waals surface area contributed by atoms with E-state index in [1.54, 1.807) is 7.11 Å². The molecule has 1 heterocycles. The molecule has 0 aliphatic rings. The van der Waals surface area contributed by atoms with Gasteiger partial charge >= 0.3 is 0 Å². The van der Waals surface area contributed by atoms with Crippen LogP contribution in [0, 0.1) is 0 Å². The van der Waals surface area contributed by atoms with E-state index in [0.29, 0.717) is 12.2 Å². The minimum absolute atomic E-state index is 0.0282. The molecule has 17 heavy (non-hydrogen) atoms. The third-order valence-corrected chi connectivity index (χ3v) is 2.56. The summed E-state index contributed by atoms with van der Waals surface area (Å²) in [6.45, 7) is 8.32. The van der Waals surface area contributed by atoms with Gasteiger partial charge in [-0.3, -0.25) is 0 Å². The van der Waals surface area contributed by atoms with Crippen LogP contribution in [0.25, 0.3) is 0 Å². The zero-order chi connectivity index (χ0) is 13.1. The first kappa shape index (κ1) is 13.9. The first-order valence-electron chi connectivity index (χ1n) is 5.74. The van der Waals surface area contributed by atoms with Crippen LogP contribution in [0.1, 0.15) is 39.2 Å². The predicted octanol–water partition coefficient (Wildman–Crippen LogP) is 1.64. The van der Waals surface area contributed by atoms with Gasteiger partial charge in [0.05, 0.1) is 11.8 Å². The van der Waals surface area contributed by atoms with Crippen molar-refractivity contribution in [2.75, 3.05) is 12.5 Å². The fourth-order valence-corrected chi connectivity index (χ4v) is 1.39. The summed E-state index contributed by atoms with van der Waals surface area (Å²) in [7, 11) is 1.68. The van der Waals surface area contributed by atoms with E-state index in [1.165, 1.54) is 0 Å². The molecule has 1 atom stereocenters. The average Bonchev–Trinajstić information content (AvgIpc) is 2.27. The maximum Gasteiger partial charge on any atom is 0.143 e. The highest BCUT2D eigenvalue weighted by molar-refractivity contribution is 5.36. The van der Waals surface area contributed by atoms with Gasteiger partial charge in [-0.05, 0) is 6.92 Å². The number of hydrazine groups is 1. The van der Waals surface area contributed by atoms with Crippen LogP contribution >= 0.6 is 0 Å². The van der Waals surface area contributed by atoms with Gasteiger partial charge in [0.15, 0.2) is 0 Å². The predicted molar refractivity (Wildman–Crippen MR) is 68.7 cm³/mol. The number of methoxy groups -OCH3 is 1. The Morgan fingerprint density at radius 3 is 2.53 bits per heavy atom. The van der Waals surface area contributed by atoms with Gasteiger partial charge in [-0.1, -0.05) is 20.8 Å². The summed E-state index contributed by atoms with van der Waals surface area (Å²) in [6.07, 6.45) is 0.769. The SMILES string of the molecule is COC(C)Cc1nc(NN)cc(C(C)(C)C)n1. The van der Waals surface area contributed by atoms with Gasteiger partial charge in [0, 0.05) is 25.0 Å². The molecule has 0 aliphatic carbocycles. The standard InChI is InChI=1S/C12H22N4O/c1-8(17-5)6-10-14-9(12(2,3)4)7-11(15-10)16-13/h7-8H,6,13H2,1-5H3,(H,14,15,16). The van der Waals surface area contributed by atoms with Crippen LogP contribution in [0.5, 0.6) is 0 Å². The molecular formula is C12H22N4O. The maximum atomic E-state index is 5.42. The molecule has 0 bridgehead atoms. The van der Waals surface area contributed by atoms with E-state index in [1.807, 2.05) is 13.0 Å². The van der Waals surface area contributed by atoms with E-state index in [-0.39, 0.29) is 11.5 Å². The van der Waals surface area contributed by atoms with Gasteiger partial charge in [-0.25, -0.2) is 15.8 Å². The average molecular weight is 238 g/mol. The Hall–Kier alpha value is -1.20. The number of ether oxygens (including phenoxy) is 1. The first-order chi connectivity index (χ1) is 7.86. The molecular weight excluding hydrogens is 216 g/mol. The minimum atomic E-state index is -0.0282. The molecule has 5 nitrogen and oxygen atoms in total. The fourth-order valence-electron chi connectivity index (χ4n) is 1.39. The Labute approximate surface area is 103 Å². The van der Waals surface area contributed by atoms with Crippen molar-refractivity contribution < 1.29 is 4.74 Å². The Kier molecular flexibility index (Phi) is 4.42. The van der Waals surface area contributed by atoms with Crippen LogP contribution in [-0.2, 0) is 16.6 Å². The Balaban J connectivity index is 3.05. The van der Waals surface area contributed by atoms with Crippen molar-refractivity contribution in [3.63, 3.8) is 0 Å². The van der Waals surface area contributed by atoms with Crippen molar-refractivity contribution >= 4 is 5.82 Å². The van der Waals surface area contributed by atoms with Crippen molar-refractivity contribution in [1.29, 1.82) is 0 Å². The number of nitrogens with zero attached hydrogens (tertiary/aromatic N) is 2. The Morgan fingerprint density at radius 2 is 2.06 bits per heavy atom. The first-order valence-corrected chi connectivity index (χ1v) is 5.74. The monoisotopic (exact) mass is 238 g/mol. The molecule has 96 valence electrons. The highest BCUT2D eigenvalue weighted by Crippen LogP contribution is 2.22. The quantitative estimate of drug-likeness (QED) is 0.616. The molecule has 0 amide bonds. The summed E-state index contributed by atoms with van der Waals surface area (Å²) in [4.78, 5) is 8.88. The van der Waals surface area contributed by atoms with E-state index in [0.717, 1.165) is 11.5 Å². The van der Waals surface area contributed by atoms with E-state index >= 15 is 0 Å². The zero-order valence-electron chi connectivity index (χ0n) is 11.2. The number of aromatic nitrogens is 2. The zero-order valence-corrected chi connectivity index (χ0v) is 11.2. The second-order valence-electron chi connectivity index (χ2n) is 5.20. The van der Waals surface area contributed by atoms with E-state index in [2.05, 4.69) is 36.2 Å². The summed E-state index contributed by atoms with van der Waals surface area (Å²) < 4.78 is 5.22. The number of anilines is 1. The van der Waals surface area contributed by atoms with E-state index < -0.39 is 0 Å². The maximum absolute atomic E-state index is 5.42. The number of rotatable bonds is 4. The lowest BCUT2D eigenvalue weighted by molar-refractivity contribution is 0.117. The largest absolute Gasteiger partial charge is 0.381 e. The lowest BCUT2D eigenvalue weighted by atomic mass is 9.92. The number of hydrogen-bond donors (Lipinski definition) is 2. The molecule has 0 aromatic carbocycles. The van der Waals surface area contributed by atoms with Gasteiger partial charge in [0.25, 0.3) is 0 Å². The van der Waals surface area contributed by atoms with Crippen molar-refractivity contribution in [3.05, 3.63) is 17.6 Å². The molecule has 0 fully saturated rings. The van der Waals surface area contributed by atoms with E-state index in [4.69, 9.17) is 10.6 Å². The van der Waals surface area contributed by atoms with Crippen LogP contribution in [0.2, 0.25) is 0 Å². The van der Waals surface area contributed by atoms with Crippen molar-refractivity contribution in [2.45, 2.75) is 45.6 Å². The number of nitrogens with two attached hydrogens (primary N) is 1. The summed E-state index contributed by atoms with van der Waals surface area (Å²) in [5.41, 5.74) is 3.52. The third kappa shape index (κ3) is 3.94. The Bertz CT molecular complexity index is 373. The second kappa shape index (κ2) is 5.42. The Morgan fingerprint density at radius 1 is 1.41 bits per heavy atom. The molecule has 1 aromatic heterocycles. The highest BCUT2D eigenvalue weighted by atomic mass is 16.5. The molecule has 1 unspecified atom stereocenters. The lowest BCUT2D eigenvalue weighted by Gasteiger charge is -2.20. The van der Waals surface area contributed by atoms with Gasteiger partial charge in [-0.15, -0.1) is 0 Å². The van der Waals surface area contributed by atoms with Crippen molar-refractivity contribution in [1.82, 2.24) is 9.97 Å². The van der Waals surface area contributed by atoms with Crippen LogP contribution in [0.15, 0.2) is 6.07 Å². The second-order valence-corrected chi connectivity index (χ2v) is 5.20. The molecule has 0 saturated carbocycles. The molecule has 5 heteroatoms. The highest BCUT2D eigenvalue weighted by Gasteiger charge is 2.18. The van der Waals surface area contributed by atoms with Crippen LogP contribution in [0.3, 0.4) is 0 Å². The summed E-state index contributed by atoms with van der Waals surface area (Å²) in [5.74, 6) is 6.81. The van der Waals surface area contributed by atoms with Crippen molar-refractivity contribution in [2.24, 2.45) is 5.84 Å². The third-order valence-electron chi connectivity index (χ3n) is 2.56. The molecule has 0 saturated heterocycles. The summed E-state index contributed by atoms with van der Waals surface area (Å²) >= 11 is 0. The topological polar surface area (TPSA) is 73.1 Å².